The van der Waals surface area contributed by atoms with E-state index in [4.69, 9.17) is 14.2 Å². The smallest absolute Gasteiger partial charge is 0.424 e. The van der Waals surface area contributed by atoms with E-state index in [9.17, 15) is 39.3 Å². The molecule has 332 valence electrons. The molecule has 13 nitrogen and oxygen atoms in total. The number of hydrogen-bond acceptors (Lipinski definition) is 15. The van der Waals surface area contributed by atoms with E-state index >= 15 is 0 Å². The lowest BCUT2D eigenvalue weighted by Gasteiger charge is -2.40. The first-order valence-electron chi connectivity index (χ1n) is 21.1. The number of amides is 6. The highest BCUT2D eigenvalue weighted by atomic mass is 32.1. The van der Waals surface area contributed by atoms with Crippen molar-refractivity contribution in [2.75, 3.05) is 0 Å². The second kappa shape index (κ2) is 17.2. The van der Waals surface area contributed by atoms with Crippen LogP contribution in [0.3, 0.4) is 0 Å². The number of benzene rings is 2. The van der Waals surface area contributed by atoms with Gasteiger partial charge in [-0.25, -0.2) is 9.59 Å². The summed E-state index contributed by atoms with van der Waals surface area (Å²) in [6, 6.07) is 25.3. The molecule has 3 aliphatic heterocycles. The van der Waals surface area contributed by atoms with Crippen molar-refractivity contribution in [3.63, 3.8) is 0 Å². The maximum atomic E-state index is 13.9. The number of fused-ring (bicyclic) bond motifs is 8. The molecule has 0 atom stereocenters. The summed E-state index contributed by atoms with van der Waals surface area (Å²) >= 11 is 6.07. The summed E-state index contributed by atoms with van der Waals surface area (Å²) < 4.78 is 21.7. The van der Waals surface area contributed by atoms with Gasteiger partial charge in [0.2, 0.25) is 0 Å². The molecule has 1 spiro atoms. The summed E-state index contributed by atoms with van der Waals surface area (Å²) in [4.78, 5) is 85.0. The molecule has 0 saturated heterocycles. The van der Waals surface area contributed by atoms with E-state index in [1.807, 2.05) is 36.4 Å². The van der Waals surface area contributed by atoms with Crippen molar-refractivity contribution >= 4 is 112 Å². The summed E-state index contributed by atoms with van der Waals surface area (Å²) in [5, 5.41) is 19.9. The molecule has 1 aliphatic carbocycles. The lowest BCUT2D eigenvalue weighted by Crippen LogP contribution is -2.46. The molecule has 4 aliphatic rings. The second-order valence-corrected chi connectivity index (χ2v) is 20.5. The highest BCUT2D eigenvalue weighted by Crippen LogP contribution is 2.62. The Bertz CT molecular complexity index is 3380. The first-order valence-corrected chi connectivity index (χ1v) is 24.4. The van der Waals surface area contributed by atoms with Gasteiger partial charge in [-0.2, -0.15) is 20.3 Å². The van der Waals surface area contributed by atoms with Gasteiger partial charge in [0.1, 0.15) is 42.1 Å². The van der Waals surface area contributed by atoms with Crippen LogP contribution in [0.4, 0.5) is 9.59 Å². The third-order valence-electron chi connectivity index (χ3n) is 12.2. The van der Waals surface area contributed by atoms with E-state index in [0.717, 1.165) is 72.0 Å². The number of ether oxygens (including phenoxy) is 3. The van der Waals surface area contributed by atoms with Crippen molar-refractivity contribution in [1.29, 1.82) is 10.5 Å². The van der Waals surface area contributed by atoms with Gasteiger partial charge in [-0.3, -0.25) is 19.2 Å². The zero-order chi connectivity index (χ0) is 46.7. The first kappa shape index (κ1) is 43.6. The molecule has 6 aromatic rings. The Hall–Kier alpha value is -7.28. The SMILES string of the molecule is CC1=C(C#N)C(=O)N(C(=O)OCc2ccccc2)C(=O)/C1=C/c1cc2sc3c(c2s1)OC1(CCCCC1)c1c-3sc2cc(/C=C3/C(=O)N(C(=O)OCc4ccccc4)C(=O)C(C#N)=C3C)sc12. The van der Waals surface area contributed by atoms with Crippen molar-refractivity contribution in [1.82, 2.24) is 9.80 Å². The van der Waals surface area contributed by atoms with Crippen molar-refractivity contribution in [3.05, 3.63) is 133 Å². The van der Waals surface area contributed by atoms with E-state index in [1.54, 1.807) is 83.4 Å². The van der Waals surface area contributed by atoms with Crippen LogP contribution < -0.4 is 4.74 Å². The van der Waals surface area contributed by atoms with Gasteiger partial charge in [0.15, 0.2) is 5.75 Å². The van der Waals surface area contributed by atoms with Crippen LogP contribution in [0.1, 0.15) is 72.4 Å². The minimum Gasteiger partial charge on any atom is -0.479 e. The fourth-order valence-corrected chi connectivity index (χ4v) is 14.2. The molecule has 0 radical (unpaired) electrons. The van der Waals surface area contributed by atoms with Crippen LogP contribution in [0.2, 0.25) is 0 Å². The van der Waals surface area contributed by atoms with Crippen LogP contribution in [0.25, 0.3) is 40.7 Å². The Labute approximate surface area is 398 Å². The Morgan fingerprint density at radius 1 is 0.657 bits per heavy atom. The Balaban J connectivity index is 0.985. The van der Waals surface area contributed by atoms with Gasteiger partial charge < -0.3 is 14.2 Å². The zero-order valence-electron chi connectivity index (χ0n) is 35.6. The molecule has 1 fully saturated rings. The standard InChI is InChI=1S/C50H34N4O9S4/c1-26-32(44(55)53(46(57)34(26)22-51)48(59)61-24-28-12-6-3-7-13-28)18-30-20-36-40(64-30)38-42(66-36)43-39(63-50(38)16-10-5-11-17-50)41-37(67-43)21-31(65-41)19-33-27(2)35(23-52)47(58)54(45(33)56)49(60)62-25-29-14-8-4-9-15-29/h3-4,6-9,12-15,18-21H,5,10-11,16-17,24-25H2,1-2H3/b32-18+,33-19+. The van der Waals surface area contributed by atoms with Gasteiger partial charge in [-0.1, -0.05) is 67.1 Å². The highest BCUT2D eigenvalue weighted by Gasteiger charge is 2.47. The monoisotopic (exact) mass is 962 g/mol. The van der Waals surface area contributed by atoms with E-state index in [-0.39, 0.29) is 46.7 Å². The molecule has 0 N–H and O–H groups in total. The van der Waals surface area contributed by atoms with Crippen LogP contribution in [0, 0.1) is 22.7 Å². The van der Waals surface area contributed by atoms with Crippen LogP contribution in [-0.4, -0.2) is 45.6 Å². The van der Waals surface area contributed by atoms with Gasteiger partial charge in [0.05, 0.1) is 23.9 Å². The fourth-order valence-electron chi connectivity index (χ4n) is 8.82. The number of hydrogen-bond donors (Lipinski definition) is 0. The maximum Gasteiger partial charge on any atom is 0.424 e. The summed E-state index contributed by atoms with van der Waals surface area (Å²) in [7, 11) is 0. The second-order valence-electron chi connectivity index (χ2n) is 16.2. The maximum absolute atomic E-state index is 13.9. The number of nitrogens with zero attached hydrogens (tertiary/aromatic N) is 4. The molecule has 1 saturated carbocycles. The van der Waals surface area contributed by atoms with Crippen molar-refractivity contribution < 1.29 is 43.0 Å². The normalized spacial score (nSPS) is 18.1. The summed E-state index contributed by atoms with van der Waals surface area (Å²) in [5.41, 5.74) is 1.52. The molecule has 17 heteroatoms. The molecule has 0 unspecified atom stereocenters. The lowest BCUT2D eigenvalue weighted by molar-refractivity contribution is -0.140. The molecule has 6 amide bonds. The number of carbonyl (C=O) groups excluding carboxylic acids is 6. The zero-order valence-corrected chi connectivity index (χ0v) is 38.9. The Morgan fingerprint density at radius 2 is 1.12 bits per heavy atom. The van der Waals surface area contributed by atoms with Gasteiger partial charge in [-0.15, -0.1) is 45.3 Å². The minimum absolute atomic E-state index is 0.0264. The minimum atomic E-state index is -1.17. The molecule has 10 rings (SSSR count). The number of carbonyl (C=O) groups is 6. The molecular formula is C50H34N4O9S4. The number of imide groups is 6. The van der Waals surface area contributed by atoms with Crippen LogP contribution in [-0.2, 0) is 47.5 Å². The quantitative estimate of drug-likeness (QED) is 0.114. The lowest BCUT2D eigenvalue weighted by atomic mass is 9.78. The van der Waals surface area contributed by atoms with Gasteiger partial charge in [-0.05, 0) is 86.1 Å². The molecule has 4 aromatic heterocycles. The molecule has 0 bridgehead atoms. The van der Waals surface area contributed by atoms with E-state index in [0.29, 0.717) is 30.7 Å². The van der Waals surface area contributed by atoms with Crippen LogP contribution in [0.5, 0.6) is 5.75 Å². The Morgan fingerprint density at radius 3 is 1.61 bits per heavy atom. The third-order valence-corrected chi connectivity index (χ3v) is 17.0. The van der Waals surface area contributed by atoms with Gasteiger partial charge >= 0.3 is 12.2 Å². The van der Waals surface area contributed by atoms with E-state index in [1.165, 1.54) is 36.5 Å². The summed E-state index contributed by atoms with van der Waals surface area (Å²) in [6.45, 7) is 2.70. The van der Waals surface area contributed by atoms with Gasteiger partial charge in [0.25, 0.3) is 23.6 Å². The average molecular weight is 963 g/mol. The first-order chi connectivity index (χ1) is 32.4. The van der Waals surface area contributed by atoms with Gasteiger partial charge in [0, 0.05) is 31.2 Å². The van der Waals surface area contributed by atoms with Crippen LogP contribution in [0.15, 0.2) is 106 Å². The predicted molar refractivity (Wildman–Crippen MR) is 253 cm³/mol. The molecule has 7 heterocycles. The number of nitriles is 2. The fraction of sp³-hybridized carbons (Fsp3) is 0.200. The van der Waals surface area contributed by atoms with E-state index < -0.39 is 41.4 Å². The topological polar surface area (TPSA) is 184 Å². The predicted octanol–water partition coefficient (Wildman–Crippen LogP) is 11.3. The van der Waals surface area contributed by atoms with Crippen molar-refractivity contribution in [2.45, 2.75) is 64.8 Å². The number of thiophene rings is 4. The van der Waals surface area contributed by atoms with Crippen molar-refractivity contribution in [3.8, 4) is 27.6 Å². The van der Waals surface area contributed by atoms with Crippen molar-refractivity contribution in [2.24, 2.45) is 0 Å². The molecule has 67 heavy (non-hydrogen) atoms. The summed E-state index contributed by atoms with van der Waals surface area (Å²) in [6.07, 6.45) is 5.37. The average Bonchev–Trinajstić information content (AvgIpc) is 4.09. The Kier molecular flexibility index (Phi) is 11.2. The van der Waals surface area contributed by atoms with E-state index in [2.05, 4.69) is 0 Å². The number of rotatable bonds is 6. The molecular weight excluding hydrogens is 929 g/mol. The third kappa shape index (κ3) is 7.41. The summed E-state index contributed by atoms with van der Waals surface area (Å²) in [5.74, 6) is -3.07. The largest absolute Gasteiger partial charge is 0.479 e. The highest BCUT2D eigenvalue weighted by molar-refractivity contribution is 7.35. The van der Waals surface area contributed by atoms with Crippen LogP contribution >= 0.6 is 45.3 Å². The molecule has 2 aromatic carbocycles.